The first-order valence-electron chi connectivity index (χ1n) is 4.22. The number of nitrogens with zero attached hydrogens (tertiary/aromatic N) is 2. The molecule has 0 unspecified atom stereocenters. The van der Waals surface area contributed by atoms with Crippen molar-refractivity contribution in [1.82, 2.24) is 9.97 Å². The van der Waals surface area contributed by atoms with E-state index < -0.39 is 0 Å². The Morgan fingerprint density at radius 1 is 1.62 bits per heavy atom. The van der Waals surface area contributed by atoms with Crippen LogP contribution in [0.25, 0.3) is 11.0 Å². The summed E-state index contributed by atoms with van der Waals surface area (Å²) in [6.45, 7) is 2.02. The molecule has 3 nitrogen and oxygen atoms in total. The van der Waals surface area contributed by atoms with E-state index in [1.165, 1.54) is 0 Å². The minimum atomic E-state index is 0.525. The van der Waals surface area contributed by atoms with Crippen LogP contribution in [-0.4, -0.2) is 9.97 Å². The molecule has 2 aromatic rings. The Labute approximate surface area is 76.0 Å². The largest absolute Gasteiger partial charge is 0.346 e. The number of pyridine rings is 1. The minimum Gasteiger partial charge on any atom is -0.346 e. The van der Waals surface area contributed by atoms with Crippen LogP contribution in [-0.2, 0) is 6.42 Å². The Kier molecular flexibility index (Phi) is 1.75. The fourth-order valence-electron chi connectivity index (χ4n) is 1.39. The predicted octanol–water partition coefficient (Wildman–Crippen LogP) is 2.00. The monoisotopic (exact) mass is 171 g/mol. The highest BCUT2D eigenvalue weighted by Gasteiger charge is 2.04. The van der Waals surface area contributed by atoms with Gasteiger partial charge in [0.2, 0.25) is 0 Å². The van der Waals surface area contributed by atoms with E-state index in [0.29, 0.717) is 5.69 Å². The first-order chi connectivity index (χ1) is 6.35. The molecular weight excluding hydrogens is 162 g/mol. The predicted molar refractivity (Wildman–Crippen MR) is 50.2 cm³/mol. The molecule has 0 amide bonds. The minimum absolute atomic E-state index is 0.525. The topological polar surface area (TPSA) is 52.5 Å². The van der Waals surface area contributed by atoms with Gasteiger partial charge in [0.25, 0.3) is 0 Å². The van der Waals surface area contributed by atoms with Crippen LogP contribution in [0.2, 0.25) is 0 Å². The van der Waals surface area contributed by atoms with Crippen LogP contribution in [0.5, 0.6) is 0 Å². The van der Waals surface area contributed by atoms with Gasteiger partial charge in [-0.3, -0.25) is 0 Å². The van der Waals surface area contributed by atoms with Gasteiger partial charge in [0.1, 0.15) is 17.4 Å². The smallest absolute Gasteiger partial charge is 0.146 e. The Balaban J connectivity index is 2.76. The molecule has 2 rings (SSSR count). The number of nitrogens with one attached hydrogen (secondary N) is 1. The Bertz CT molecular complexity index is 476. The molecule has 0 aliphatic carbocycles. The molecule has 0 spiro atoms. The molecule has 1 N–H and O–H groups in total. The maximum Gasteiger partial charge on any atom is 0.146 e. The van der Waals surface area contributed by atoms with Gasteiger partial charge in [-0.15, -0.1) is 0 Å². The summed E-state index contributed by atoms with van der Waals surface area (Å²) in [4.78, 5) is 7.19. The van der Waals surface area contributed by atoms with Crippen molar-refractivity contribution >= 4 is 11.0 Å². The van der Waals surface area contributed by atoms with E-state index in [2.05, 4.69) is 16.0 Å². The summed E-state index contributed by atoms with van der Waals surface area (Å²) in [5.74, 6) is 0. The molecule has 0 atom stereocenters. The van der Waals surface area contributed by atoms with Gasteiger partial charge in [0.05, 0.1) is 0 Å². The third-order valence-corrected chi connectivity index (χ3v) is 2.10. The molecule has 0 saturated heterocycles. The lowest BCUT2D eigenvalue weighted by atomic mass is 10.1. The zero-order valence-electron chi connectivity index (χ0n) is 7.33. The van der Waals surface area contributed by atoms with Crippen LogP contribution in [0.1, 0.15) is 18.2 Å². The van der Waals surface area contributed by atoms with Gasteiger partial charge in [-0.25, -0.2) is 4.98 Å². The fraction of sp³-hybridized carbons (Fsp3) is 0.200. The van der Waals surface area contributed by atoms with E-state index in [4.69, 9.17) is 5.26 Å². The molecule has 3 heteroatoms. The van der Waals surface area contributed by atoms with E-state index in [1.807, 2.05) is 25.3 Å². The van der Waals surface area contributed by atoms with E-state index >= 15 is 0 Å². The first kappa shape index (κ1) is 7.81. The van der Waals surface area contributed by atoms with Crippen LogP contribution in [0, 0.1) is 11.3 Å². The molecular formula is C10H9N3. The second-order valence-electron chi connectivity index (χ2n) is 2.88. The summed E-state index contributed by atoms with van der Waals surface area (Å²) in [6, 6.07) is 6.07. The van der Waals surface area contributed by atoms with Crippen molar-refractivity contribution in [1.29, 1.82) is 5.26 Å². The zero-order chi connectivity index (χ0) is 9.26. The molecule has 2 aromatic heterocycles. The highest BCUT2D eigenvalue weighted by atomic mass is 14.8. The lowest BCUT2D eigenvalue weighted by Gasteiger charge is -1.98. The third-order valence-electron chi connectivity index (χ3n) is 2.10. The summed E-state index contributed by atoms with van der Waals surface area (Å²) in [5, 5.41) is 9.89. The molecule has 0 fully saturated rings. The highest BCUT2D eigenvalue weighted by Crippen LogP contribution is 2.15. The quantitative estimate of drug-likeness (QED) is 0.713. The average Bonchev–Trinajstić information content (AvgIpc) is 2.62. The van der Waals surface area contributed by atoms with Gasteiger partial charge in [-0.05, 0) is 24.1 Å². The molecule has 0 aliphatic rings. The number of rotatable bonds is 1. The van der Waals surface area contributed by atoms with Gasteiger partial charge in [-0.2, -0.15) is 5.26 Å². The molecule has 13 heavy (non-hydrogen) atoms. The van der Waals surface area contributed by atoms with Crippen molar-refractivity contribution < 1.29 is 0 Å². The summed E-state index contributed by atoms with van der Waals surface area (Å²) in [6.07, 6.45) is 2.68. The molecule has 0 aromatic carbocycles. The van der Waals surface area contributed by atoms with E-state index in [9.17, 15) is 0 Å². The van der Waals surface area contributed by atoms with Crippen LogP contribution < -0.4 is 0 Å². The van der Waals surface area contributed by atoms with E-state index in [1.54, 1.807) is 0 Å². The van der Waals surface area contributed by atoms with Gasteiger partial charge in [0.15, 0.2) is 0 Å². The van der Waals surface area contributed by atoms with Crippen molar-refractivity contribution in [3.8, 4) is 6.07 Å². The summed E-state index contributed by atoms with van der Waals surface area (Å²) >= 11 is 0. The standard InChI is InChI=1S/C10H9N3/c1-2-7-5-8-3-4-12-10(8)13-9(7)6-11/h3-5H,2H2,1H3,(H,12,13). The van der Waals surface area contributed by atoms with Crippen molar-refractivity contribution in [2.75, 3.05) is 0 Å². The second kappa shape index (κ2) is 2.91. The van der Waals surface area contributed by atoms with Crippen molar-refractivity contribution in [2.45, 2.75) is 13.3 Å². The number of hydrogen-bond donors (Lipinski definition) is 1. The Morgan fingerprint density at radius 3 is 3.15 bits per heavy atom. The van der Waals surface area contributed by atoms with Gasteiger partial charge >= 0.3 is 0 Å². The number of aryl methyl sites for hydroxylation is 1. The maximum absolute atomic E-state index is 8.82. The number of nitriles is 1. The number of aromatic nitrogens is 2. The number of aromatic amines is 1. The van der Waals surface area contributed by atoms with Gasteiger partial charge < -0.3 is 4.98 Å². The average molecular weight is 171 g/mol. The van der Waals surface area contributed by atoms with Crippen molar-refractivity contribution in [3.63, 3.8) is 0 Å². The maximum atomic E-state index is 8.82. The number of hydrogen-bond acceptors (Lipinski definition) is 2. The zero-order valence-corrected chi connectivity index (χ0v) is 7.33. The molecule has 0 bridgehead atoms. The third kappa shape index (κ3) is 1.17. The van der Waals surface area contributed by atoms with Gasteiger partial charge in [-0.1, -0.05) is 6.92 Å². The lowest BCUT2D eigenvalue weighted by molar-refractivity contribution is 1.09. The van der Waals surface area contributed by atoms with E-state index in [0.717, 1.165) is 23.0 Å². The molecule has 0 radical (unpaired) electrons. The summed E-state index contributed by atoms with van der Waals surface area (Å²) in [7, 11) is 0. The van der Waals surface area contributed by atoms with Crippen molar-refractivity contribution in [3.05, 3.63) is 29.6 Å². The van der Waals surface area contributed by atoms with Crippen LogP contribution in [0.15, 0.2) is 18.3 Å². The van der Waals surface area contributed by atoms with Crippen LogP contribution in [0.3, 0.4) is 0 Å². The molecule has 0 aliphatic heterocycles. The summed E-state index contributed by atoms with van der Waals surface area (Å²) in [5.41, 5.74) is 2.32. The van der Waals surface area contributed by atoms with Crippen LogP contribution >= 0.6 is 0 Å². The fourth-order valence-corrected chi connectivity index (χ4v) is 1.39. The van der Waals surface area contributed by atoms with Gasteiger partial charge in [0, 0.05) is 11.6 Å². The molecule has 2 heterocycles. The Morgan fingerprint density at radius 2 is 2.46 bits per heavy atom. The SMILES string of the molecule is CCc1cc2cc[nH]c2nc1C#N. The van der Waals surface area contributed by atoms with Crippen LogP contribution in [0.4, 0.5) is 0 Å². The molecule has 0 saturated carbocycles. The molecule has 64 valence electrons. The van der Waals surface area contributed by atoms with E-state index in [-0.39, 0.29) is 0 Å². The number of fused-ring (bicyclic) bond motifs is 1. The Hall–Kier alpha value is -1.82. The number of H-pyrrole nitrogens is 1. The normalized spacial score (nSPS) is 10.2. The summed E-state index contributed by atoms with van der Waals surface area (Å²) < 4.78 is 0. The second-order valence-corrected chi connectivity index (χ2v) is 2.88. The highest BCUT2D eigenvalue weighted by molar-refractivity contribution is 5.77. The first-order valence-corrected chi connectivity index (χ1v) is 4.22. The van der Waals surface area contributed by atoms with Crippen molar-refractivity contribution in [2.24, 2.45) is 0 Å². The lowest BCUT2D eigenvalue weighted by Crippen LogP contribution is -1.92.